The van der Waals surface area contributed by atoms with Gasteiger partial charge in [-0.1, -0.05) is 36.4 Å². The van der Waals surface area contributed by atoms with Gasteiger partial charge in [-0.2, -0.15) is 0 Å². The zero-order valence-corrected chi connectivity index (χ0v) is 21.8. The molecule has 0 aliphatic carbocycles. The third-order valence-corrected chi connectivity index (χ3v) is 7.07. The SMILES string of the molecule is C=C(CN1CCC(c2cccc(OCc3ccc(Cl)cc3F)n2)CC1)N(C)c1cc(C(=O)O)ccc1C. The Hall–Kier alpha value is -3.42. The van der Waals surface area contributed by atoms with Gasteiger partial charge in [0.15, 0.2) is 0 Å². The number of ether oxygens (including phenoxy) is 1. The van der Waals surface area contributed by atoms with Crippen molar-refractivity contribution in [2.24, 2.45) is 0 Å². The van der Waals surface area contributed by atoms with Crippen LogP contribution in [0.25, 0.3) is 0 Å². The van der Waals surface area contributed by atoms with Crippen molar-refractivity contribution in [3.63, 3.8) is 0 Å². The van der Waals surface area contributed by atoms with E-state index in [9.17, 15) is 14.3 Å². The molecule has 8 heteroatoms. The number of nitrogens with zero attached hydrogens (tertiary/aromatic N) is 3. The molecule has 0 bridgehead atoms. The molecule has 0 unspecified atom stereocenters. The Balaban J connectivity index is 1.31. The molecule has 0 radical (unpaired) electrons. The van der Waals surface area contributed by atoms with Gasteiger partial charge in [0, 0.05) is 53.2 Å². The Morgan fingerprint density at radius 1 is 1.22 bits per heavy atom. The molecule has 1 aliphatic rings. The third-order valence-electron chi connectivity index (χ3n) is 6.84. The van der Waals surface area contributed by atoms with E-state index in [4.69, 9.17) is 16.3 Å². The summed E-state index contributed by atoms with van der Waals surface area (Å²) < 4.78 is 19.8. The van der Waals surface area contributed by atoms with Crippen LogP contribution in [-0.4, -0.2) is 47.6 Å². The topological polar surface area (TPSA) is 65.9 Å². The van der Waals surface area contributed by atoms with Crippen molar-refractivity contribution in [3.8, 4) is 5.88 Å². The highest BCUT2D eigenvalue weighted by Gasteiger charge is 2.23. The molecule has 194 valence electrons. The van der Waals surface area contributed by atoms with Crippen LogP contribution in [0.4, 0.5) is 10.1 Å². The van der Waals surface area contributed by atoms with Crippen molar-refractivity contribution in [1.29, 1.82) is 0 Å². The fourth-order valence-corrected chi connectivity index (χ4v) is 4.71. The number of likely N-dealkylation sites (N-methyl/N-ethyl adjacent to an activating group) is 1. The average molecular weight is 524 g/mol. The lowest BCUT2D eigenvalue weighted by molar-refractivity contribution is 0.0697. The Kier molecular flexibility index (Phi) is 8.46. The molecule has 2 heterocycles. The highest BCUT2D eigenvalue weighted by molar-refractivity contribution is 6.30. The Morgan fingerprint density at radius 3 is 2.68 bits per heavy atom. The van der Waals surface area contributed by atoms with Crippen LogP contribution in [0.1, 0.15) is 45.9 Å². The van der Waals surface area contributed by atoms with Gasteiger partial charge in [-0.05, 0) is 68.8 Å². The smallest absolute Gasteiger partial charge is 0.335 e. The van der Waals surface area contributed by atoms with E-state index in [1.54, 1.807) is 30.3 Å². The first-order valence-electron chi connectivity index (χ1n) is 12.2. The summed E-state index contributed by atoms with van der Waals surface area (Å²) in [5.41, 5.74) is 4.43. The van der Waals surface area contributed by atoms with Crippen LogP contribution in [0.15, 0.2) is 66.9 Å². The van der Waals surface area contributed by atoms with Gasteiger partial charge >= 0.3 is 5.97 Å². The quantitative estimate of drug-likeness (QED) is 0.355. The fourth-order valence-electron chi connectivity index (χ4n) is 4.55. The lowest BCUT2D eigenvalue weighted by atomic mass is 9.93. The molecule has 6 nitrogen and oxygen atoms in total. The predicted octanol–water partition coefficient (Wildman–Crippen LogP) is 6.29. The van der Waals surface area contributed by atoms with Crippen molar-refractivity contribution in [3.05, 3.63) is 100 Å². The maximum absolute atomic E-state index is 14.0. The van der Waals surface area contributed by atoms with Crippen LogP contribution in [0, 0.1) is 12.7 Å². The van der Waals surface area contributed by atoms with E-state index >= 15 is 0 Å². The van der Waals surface area contributed by atoms with E-state index in [0.29, 0.717) is 28.9 Å². The van der Waals surface area contributed by atoms with Crippen molar-refractivity contribution < 1.29 is 19.0 Å². The number of aryl methyl sites for hydroxylation is 1. The number of carbonyl (C=O) groups is 1. The van der Waals surface area contributed by atoms with Gasteiger partial charge in [0.1, 0.15) is 12.4 Å². The summed E-state index contributed by atoms with van der Waals surface area (Å²) in [6, 6.07) is 15.4. The Bertz CT molecular complexity index is 1290. The number of carboxylic acids is 1. The molecule has 0 amide bonds. The molecule has 1 fully saturated rings. The molecule has 1 aromatic heterocycles. The summed E-state index contributed by atoms with van der Waals surface area (Å²) in [6.07, 6.45) is 1.90. The molecule has 0 saturated carbocycles. The van der Waals surface area contributed by atoms with Crippen LogP contribution in [-0.2, 0) is 6.61 Å². The zero-order valence-electron chi connectivity index (χ0n) is 21.1. The number of aromatic carboxylic acids is 1. The van der Waals surface area contributed by atoms with Gasteiger partial charge < -0.3 is 14.7 Å². The van der Waals surface area contributed by atoms with Crippen LogP contribution in [0.2, 0.25) is 5.02 Å². The van der Waals surface area contributed by atoms with Gasteiger partial charge in [-0.15, -0.1) is 0 Å². The monoisotopic (exact) mass is 523 g/mol. The lowest BCUT2D eigenvalue weighted by Crippen LogP contribution is -2.37. The summed E-state index contributed by atoms with van der Waals surface area (Å²) in [4.78, 5) is 20.4. The van der Waals surface area contributed by atoms with Crippen LogP contribution < -0.4 is 9.64 Å². The van der Waals surface area contributed by atoms with E-state index in [-0.39, 0.29) is 12.2 Å². The van der Waals surface area contributed by atoms with Gasteiger partial charge in [-0.25, -0.2) is 14.2 Å². The highest BCUT2D eigenvalue weighted by atomic mass is 35.5. The minimum absolute atomic E-state index is 0.0857. The van der Waals surface area contributed by atoms with E-state index < -0.39 is 11.8 Å². The minimum Gasteiger partial charge on any atom is -0.478 e. The maximum Gasteiger partial charge on any atom is 0.335 e. The predicted molar refractivity (Wildman–Crippen MR) is 144 cm³/mol. The molecule has 4 rings (SSSR count). The van der Waals surface area contributed by atoms with Crippen LogP contribution in [0.5, 0.6) is 5.88 Å². The van der Waals surface area contributed by atoms with E-state index in [1.807, 2.05) is 37.1 Å². The summed E-state index contributed by atoms with van der Waals surface area (Å²) in [6.45, 7) is 8.80. The van der Waals surface area contributed by atoms with Crippen molar-refractivity contribution in [2.45, 2.75) is 32.3 Å². The third kappa shape index (κ3) is 6.67. The minimum atomic E-state index is -0.942. The Morgan fingerprint density at radius 2 is 1.97 bits per heavy atom. The number of carboxylic acid groups (broad SMARTS) is 1. The second-order valence-corrected chi connectivity index (χ2v) is 9.84. The number of likely N-dealkylation sites (tertiary alicyclic amines) is 1. The fraction of sp³-hybridized carbons (Fsp3) is 0.310. The standard InChI is InChI=1S/C29H31ClFN3O3/c1-19-7-8-22(29(35)36)15-27(19)33(3)20(2)17-34-13-11-21(12-14-34)26-5-4-6-28(32-26)37-18-23-9-10-24(30)16-25(23)31/h4-10,15-16,21H,2,11-14,17-18H2,1,3H3,(H,35,36). The second-order valence-electron chi connectivity index (χ2n) is 9.41. The average Bonchev–Trinajstić information content (AvgIpc) is 2.88. The van der Waals surface area contributed by atoms with E-state index in [1.165, 1.54) is 6.07 Å². The van der Waals surface area contributed by atoms with E-state index in [2.05, 4.69) is 16.5 Å². The number of hydrogen-bond donors (Lipinski definition) is 1. The lowest BCUT2D eigenvalue weighted by Gasteiger charge is -2.34. The first-order valence-corrected chi connectivity index (χ1v) is 12.6. The normalized spacial score (nSPS) is 14.4. The van der Waals surface area contributed by atoms with Crippen molar-refractivity contribution in [1.82, 2.24) is 9.88 Å². The number of halogens is 2. The molecule has 1 aliphatic heterocycles. The van der Waals surface area contributed by atoms with Gasteiger partial charge in [0.05, 0.1) is 5.56 Å². The number of aromatic nitrogens is 1. The number of anilines is 1. The first kappa shape index (κ1) is 26.6. The number of hydrogen-bond acceptors (Lipinski definition) is 5. The Labute approximate surface area is 222 Å². The molecular weight excluding hydrogens is 493 g/mol. The van der Waals surface area contributed by atoms with Gasteiger partial charge in [0.25, 0.3) is 0 Å². The number of pyridine rings is 1. The van der Waals surface area contributed by atoms with E-state index in [0.717, 1.165) is 48.6 Å². The molecule has 1 N–H and O–H groups in total. The number of benzene rings is 2. The van der Waals surface area contributed by atoms with Crippen molar-refractivity contribution in [2.75, 3.05) is 31.6 Å². The molecule has 37 heavy (non-hydrogen) atoms. The number of rotatable bonds is 9. The van der Waals surface area contributed by atoms with Crippen LogP contribution >= 0.6 is 11.6 Å². The van der Waals surface area contributed by atoms with Crippen molar-refractivity contribution >= 4 is 23.3 Å². The second kappa shape index (κ2) is 11.8. The summed E-state index contributed by atoms with van der Waals surface area (Å²) in [5.74, 6) is -0.550. The summed E-state index contributed by atoms with van der Waals surface area (Å²) >= 11 is 5.82. The molecule has 0 spiro atoms. The van der Waals surface area contributed by atoms with Gasteiger partial charge in [-0.3, -0.25) is 4.90 Å². The molecule has 0 atom stereocenters. The molecule has 2 aromatic carbocycles. The highest BCUT2D eigenvalue weighted by Crippen LogP contribution is 2.29. The maximum atomic E-state index is 14.0. The molecular formula is C29H31ClFN3O3. The largest absolute Gasteiger partial charge is 0.478 e. The summed E-state index contributed by atoms with van der Waals surface area (Å²) in [7, 11) is 1.92. The number of piperidine rings is 1. The first-order chi connectivity index (χ1) is 17.7. The zero-order chi connectivity index (χ0) is 26.5. The molecule has 3 aromatic rings. The van der Waals surface area contributed by atoms with Crippen LogP contribution in [0.3, 0.4) is 0 Å². The molecule has 1 saturated heterocycles. The van der Waals surface area contributed by atoms with Gasteiger partial charge in [0.2, 0.25) is 5.88 Å². The summed E-state index contributed by atoms with van der Waals surface area (Å²) in [5, 5.41) is 9.69.